The zero-order valence-electron chi connectivity index (χ0n) is 10.2. The van der Waals surface area contributed by atoms with Crippen molar-refractivity contribution in [1.29, 1.82) is 0 Å². The predicted molar refractivity (Wildman–Crippen MR) is 79.8 cm³/mol. The maximum atomic E-state index is 12.0. The van der Waals surface area contributed by atoms with E-state index in [4.69, 9.17) is 23.2 Å². The molecule has 0 aromatic heterocycles. The molecule has 2 rings (SSSR count). The third kappa shape index (κ3) is 3.49. The molecule has 0 saturated heterocycles. The highest BCUT2D eigenvalue weighted by Gasteiger charge is 2.16. The molecular weight excluding hydrogens is 281 g/mol. The Morgan fingerprint density at radius 3 is 2.26 bits per heavy atom. The Morgan fingerprint density at radius 1 is 1.00 bits per heavy atom. The number of carbonyl (C=O) groups excluding carboxylic acids is 1. The number of anilines is 1. The molecule has 0 unspecified atom stereocenters. The van der Waals surface area contributed by atoms with Crippen LogP contribution < -0.4 is 4.90 Å². The van der Waals surface area contributed by atoms with Gasteiger partial charge in [0.05, 0.1) is 6.54 Å². The summed E-state index contributed by atoms with van der Waals surface area (Å²) in [4.78, 5) is 13.6. The van der Waals surface area contributed by atoms with E-state index >= 15 is 0 Å². The Hall–Kier alpha value is -1.51. The smallest absolute Gasteiger partial charge is 0.242 e. The number of carbonyl (C=O) groups is 1. The van der Waals surface area contributed by atoms with E-state index in [1.807, 2.05) is 54.6 Å². The molecule has 4 heteroatoms. The Balaban J connectivity index is 2.30. The average molecular weight is 294 g/mol. The molecular formula is C15H13Cl2NO. The Labute approximate surface area is 122 Å². The first-order valence-corrected chi connectivity index (χ1v) is 6.78. The molecule has 0 atom stereocenters. The van der Waals surface area contributed by atoms with E-state index in [-0.39, 0.29) is 11.8 Å². The number of para-hydroxylation sites is 1. The quantitative estimate of drug-likeness (QED) is 0.777. The van der Waals surface area contributed by atoms with E-state index < -0.39 is 0 Å². The van der Waals surface area contributed by atoms with Gasteiger partial charge in [-0.2, -0.15) is 0 Å². The van der Waals surface area contributed by atoms with Gasteiger partial charge in [-0.15, -0.1) is 11.6 Å². The molecule has 19 heavy (non-hydrogen) atoms. The Morgan fingerprint density at radius 2 is 1.63 bits per heavy atom. The van der Waals surface area contributed by atoms with Crippen molar-refractivity contribution >= 4 is 34.8 Å². The van der Waals surface area contributed by atoms with E-state index in [2.05, 4.69) is 0 Å². The van der Waals surface area contributed by atoms with Crippen LogP contribution in [0.5, 0.6) is 0 Å². The van der Waals surface area contributed by atoms with Crippen molar-refractivity contribution in [3.8, 4) is 0 Å². The number of hydrogen-bond donors (Lipinski definition) is 0. The molecule has 0 aliphatic heterocycles. The molecule has 0 heterocycles. The molecule has 2 aromatic carbocycles. The first-order chi connectivity index (χ1) is 9.22. The third-order valence-electron chi connectivity index (χ3n) is 2.77. The summed E-state index contributed by atoms with van der Waals surface area (Å²) in [6.45, 7) is 0.412. The van der Waals surface area contributed by atoms with Gasteiger partial charge >= 0.3 is 0 Å². The van der Waals surface area contributed by atoms with Gasteiger partial charge in [0.1, 0.15) is 5.88 Å². The molecule has 0 aliphatic carbocycles. The number of halogens is 2. The van der Waals surface area contributed by atoms with Gasteiger partial charge in [0.15, 0.2) is 0 Å². The fourth-order valence-corrected chi connectivity index (χ4v) is 2.14. The monoisotopic (exact) mass is 293 g/mol. The van der Waals surface area contributed by atoms with Gasteiger partial charge in [-0.05, 0) is 23.8 Å². The molecule has 0 bridgehead atoms. The molecule has 0 saturated carbocycles. The van der Waals surface area contributed by atoms with Crippen LogP contribution in [0.4, 0.5) is 5.69 Å². The summed E-state index contributed by atoms with van der Waals surface area (Å²) in [5, 5.41) is 0.644. The van der Waals surface area contributed by atoms with Gasteiger partial charge < -0.3 is 4.90 Å². The van der Waals surface area contributed by atoms with Gasteiger partial charge in [-0.3, -0.25) is 4.79 Å². The van der Waals surface area contributed by atoms with Gasteiger partial charge in [0, 0.05) is 10.7 Å². The lowest BCUT2D eigenvalue weighted by Crippen LogP contribution is -2.31. The number of benzene rings is 2. The van der Waals surface area contributed by atoms with E-state index in [1.165, 1.54) is 0 Å². The minimum absolute atomic E-state index is 0.0562. The largest absolute Gasteiger partial charge is 0.307 e. The fraction of sp³-hybridized carbons (Fsp3) is 0.133. The first kappa shape index (κ1) is 13.9. The topological polar surface area (TPSA) is 20.3 Å². The second-order valence-corrected chi connectivity index (χ2v) is 4.71. The molecule has 2 aromatic rings. The summed E-state index contributed by atoms with van der Waals surface area (Å²) in [7, 11) is 0. The van der Waals surface area contributed by atoms with Crippen molar-refractivity contribution in [2.24, 2.45) is 0 Å². The van der Waals surface area contributed by atoms with Crippen LogP contribution in [0, 0.1) is 0 Å². The predicted octanol–water partition coefficient (Wildman–Crippen LogP) is 4.11. The SMILES string of the molecule is O=C(CCl)N(Cc1ccccc1Cl)c1ccccc1. The summed E-state index contributed by atoms with van der Waals surface area (Å²) in [5.41, 5.74) is 1.71. The van der Waals surface area contributed by atoms with Crippen LogP contribution in [-0.2, 0) is 11.3 Å². The van der Waals surface area contributed by atoms with E-state index in [0.29, 0.717) is 11.6 Å². The third-order valence-corrected chi connectivity index (χ3v) is 3.37. The highest BCUT2D eigenvalue weighted by Crippen LogP contribution is 2.22. The van der Waals surface area contributed by atoms with E-state index in [9.17, 15) is 4.79 Å². The lowest BCUT2D eigenvalue weighted by atomic mass is 10.2. The lowest BCUT2D eigenvalue weighted by Gasteiger charge is -2.22. The molecule has 1 amide bonds. The lowest BCUT2D eigenvalue weighted by molar-refractivity contribution is -0.116. The second kappa shape index (κ2) is 6.60. The van der Waals surface area contributed by atoms with Crippen molar-refractivity contribution in [3.63, 3.8) is 0 Å². The minimum Gasteiger partial charge on any atom is -0.307 e. The van der Waals surface area contributed by atoms with Crippen LogP contribution >= 0.6 is 23.2 Å². The van der Waals surface area contributed by atoms with Crippen LogP contribution in [-0.4, -0.2) is 11.8 Å². The van der Waals surface area contributed by atoms with Gasteiger partial charge in [-0.1, -0.05) is 48.0 Å². The average Bonchev–Trinajstić information content (AvgIpc) is 2.46. The molecule has 0 aliphatic rings. The summed E-state index contributed by atoms with van der Waals surface area (Å²) >= 11 is 11.8. The van der Waals surface area contributed by atoms with E-state index in [0.717, 1.165) is 11.3 Å². The van der Waals surface area contributed by atoms with Gasteiger partial charge in [-0.25, -0.2) is 0 Å². The maximum absolute atomic E-state index is 12.0. The summed E-state index contributed by atoms with van der Waals surface area (Å²) in [6.07, 6.45) is 0. The molecule has 0 N–H and O–H groups in total. The van der Waals surface area contributed by atoms with Crippen molar-refractivity contribution in [2.75, 3.05) is 10.8 Å². The molecule has 2 nitrogen and oxygen atoms in total. The van der Waals surface area contributed by atoms with E-state index in [1.54, 1.807) is 4.90 Å². The van der Waals surface area contributed by atoms with Crippen LogP contribution in [0.1, 0.15) is 5.56 Å². The Kier molecular flexibility index (Phi) is 4.83. The van der Waals surface area contributed by atoms with Gasteiger partial charge in [0.2, 0.25) is 5.91 Å². The molecule has 98 valence electrons. The van der Waals surface area contributed by atoms with Crippen molar-refractivity contribution in [2.45, 2.75) is 6.54 Å². The number of hydrogen-bond acceptors (Lipinski definition) is 1. The summed E-state index contributed by atoms with van der Waals surface area (Å²) in [6, 6.07) is 16.9. The highest BCUT2D eigenvalue weighted by molar-refractivity contribution is 6.31. The van der Waals surface area contributed by atoms with Crippen molar-refractivity contribution in [3.05, 3.63) is 65.2 Å². The van der Waals surface area contributed by atoms with Crippen LogP contribution in [0.3, 0.4) is 0 Å². The fourth-order valence-electron chi connectivity index (χ4n) is 1.80. The molecule has 0 spiro atoms. The molecule has 0 fully saturated rings. The zero-order valence-corrected chi connectivity index (χ0v) is 11.7. The standard InChI is InChI=1S/C15H13Cl2NO/c16-10-15(19)18(13-7-2-1-3-8-13)11-12-6-4-5-9-14(12)17/h1-9H,10-11H2. The number of alkyl halides is 1. The number of nitrogens with zero attached hydrogens (tertiary/aromatic N) is 1. The van der Waals surface area contributed by atoms with Crippen LogP contribution in [0.2, 0.25) is 5.02 Å². The second-order valence-electron chi connectivity index (χ2n) is 4.04. The van der Waals surface area contributed by atoms with Gasteiger partial charge in [0.25, 0.3) is 0 Å². The van der Waals surface area contributed by atoms with Crippen LogP contribution in [0.25, 0.3) is 0 Å². The minimum atomic E-state index is -0.146. The normalized spacial score (nSPS) is 10.2. The first-order valence-electron chi connectivity index (χ1n) is 5.87. The van der Waals surface area contributed by atoms with Crippen LogP contribution in [0.15, 0.2) is 54.6 Å². The number of rotatable bonds is 4. The van der Waals surface area contributed by atoms with Crippen molar-refractivity contribution < 1.29 is 4.79 Å². The highest BCUT2D eigenvalue weighted by atomic mass is 35.5. The number of amides is 1. The maximum Gasteiger partial charge on any atom is 0.242 e. The Bertz CT molecular complexity index is 557. The molecule has 0 radical (unpaired) electrons. The summed E-state index contributed by atoms with van der Waals surface area (Å²) < 4.78 is 0. The van der Waals surface area contributed by atoms with Crippen molar-refractivity contribution in [1.82, 2.24) is 0 Å². The zero-order chi connectivity index (χ0) is 13.7. The summed E-state index contributed by atoms with van der Waals surface area (Å²) in [5.74, 6) is -0.202.